The molecule has 1 N–H and O–H groups in total. The minimum absolute atomic E-state index is 0.268. The number of carboxylic acid groups (broad SMARTS) is 1. The van der Waals surface area contributed by atoms with E-state index in [1.165, 1.54) is 0 Å². The predicted octanol–water partition coefficient (Wildman–Crippen LogP) is 1.17. The van der Waals surface area contributed by atoms with Gasteiger partial charge < -0.3 is 10.0 Å². The molecule has 0 aromatic heterocycles. The summed E-state index contributed by atoms with van der Waals surface area (Å²) in [5.41, 5.74) is -1.03. The van der Waals surface area contributed by atoms with E-state index in [4.69, 9.17) is 5.11 Å². The van der Waals surface area contributed by atoms with Gasteiger partial charge in [0.15, 0.2) is 11.5 Å². The Kier molecular flexibility index (Phi) is 3.16. The van der Waals surface area contributed by atoms with Gasteiger partial charge in [0.05, 0.1) is 10.8 Å². The molecule has 1 aromatic carbocycles. The second-order valence-corrected chi connectivity index (χ2v) is 4.11. The van der Waals surface area contributed by atoms with Crippen LogP contribution in [0.25, 0.3) is 0 Å². The molecule has 0 aliphatic carbocycles. The number of hydrogen-bond donors (Lipinski definition) is 1. The van der Waals surface area contributed by atoms with Crippen molar-refractivity contribution in [2.75, 3.05) is 11.4 Å². The number of halogens is 1. The third-order valence-electron chi connectivity index (χ3n) is 2.91. The summed E-state index contributed by atoms with van der Waals surface area (Å²) < 4.78 is 13.7. The summed E-state index contributed by atoms with van der Waals surface area (Å²) in [6.45, 7) is -0.268. The number of rotatable bonds is 3. The third kappa shape index (κ3) is 2.24. The fraction of sp³-hybridized carbons (Fsp3) is 0.273. The van der Waals surface area contributed by atoms with Crippen LogP contribution in [0, 0.1) is 21.8 Å². The molecular formula is C11H9FN2O5. The number of carbonyl (C=O) groups excluding carboxylic acids is 1. The second-order valence-electron chi connectivity index (χ2n) is 4.11. The van der Waals surface area contributed by atoms with Crippen LogP contribution in [0.2, 0.25) is 0 Å². The lowest BCUT2D eigenvalue weighted by atomic mass is 10.1. The van der Waals surface area contributed by atoms with Crippen molar-refractivity contribution in [2.45, 2.75) is 6.42 Å². The van der Waals surface area contributed by atoms with Crippen LogP contribution in [0.15, 0.2) is 18.2 Å². The van der Waals surface area contributed by atoms with Gasteiger partial charge in [-0.05, 0) is 6.07 Å². The molecule has 0 saturated carbocycles. The van der Waals surface area contributed by atoms with Crippen molar-refractivity contribution in [2.24, 2.45) is 5.92 Å². The van der Waals surface area contributed by atoms with Gasteiger partial charge in [-0.2, -0.15) is 0 Å². The van der Waals surface area contributed by atoms with E-state index in [0.29, 0.717) is 0 Å². The molecule has 1 amide bonds. The monoisotopic (exact) mass is 268 g/mol. The first-order valence-electron chi connectivity index (χ1n) is 5.38. The number of nitrogens with zero attached hydrogens (tertiary/aromatic N) is 2. The van der Waals surface area contributed by atoms with Gasteiger partial charge in [-0.15, -0.1) is 0 Å². The number of nitro benzene ring substituents is 1. The van der Waals surface area contributed by atoms with Crippen LogP contribution in [-0.4, -0.2) is 28.5 Å². The highest BCUT2D eigenvalue weighted by molar-refractivity contribution is 6.01. The van der Waals surface area contributed by atoms with Crippen molar-refractivity contribution in [3.63, 3.8) is 0 Å². The fourth-order valence-electron chi connectivity index (χ4n) is 2.01. The molecule has 2 rings (SSSR count). The normalized spacial score (nSPS) is 18.7. The molecule has 1 fully saturated rings. The first-order chi connectivity index (χ1) is 8.91. The van der Waals surface area contributed by atoms with E-state index in [9.17, 15) is 24.1 Å². The Hall–Kier alpha value is -2.51. The molecule has 0 radical (unpaired) electrons. The van der Waals surface area contributed by atoms with Gasteiger partial charge in [0.25, 0.3) is 5.69 Å². The maximum Gasteiger partial charge on any atom is 0.308 e. The SMILES string of the molecule is O=C(O)C1CC(=O)N(c2c(F)cccc2[N+](=O)[O-])C1. The van der Waals surface area contributed by atoms with Gasteiger partial charge in [-0.3, -0.25) is 19.7 Å². The minimum atomic E-state index is -1.19. The lowest BCUT2D eigenvalue weighted by Crippen LogP contribution is -2.27. The van der Waals surface area contributed by atoms with E-state index in [1.807, 2.05) is 0 Å². The molecule has 1 aromatic rings. The number of hydrogen-bond acceptors (Lipinski definition) is 4. The van der Waals surface area contributed by atoms with E-state index in [-0.39, 0.29) is 13.0 Å². The maximum atomic E-state index is 13.7. The van der Waals surface area contributed by atoms with E-state index in [2.05, 4.69) is 0 Å². The number of carbonyl (C=O) groups is 2. The van der Waals surface area contributed by atoms with Crippen molar-refractivity contribution in [1.29, 1.82) is 0 Å². The van der Waals surface area contributed by atoms with Crippen LogP contribution in [0.5, 0.6) is 0 Å². The number of nitro groups is 1. The minimum Gasteiger partial charge on any atom is -0.481 e. The van der Waals surface area contributed by atoms with Gasteiger partial charge in [-0.25, -0.2) is 4.39 Å². The Balaban J connectivity index is 2.45. The first-order valence-corrected chi connectivity index (χ1v) is 5.38. The topological polar surface area (TPSA) is 101 Å². The molecule has 1 aliphatic heterocycles. The molecule has 7 nitrogen and oxygen atoms in total. The van der Waals surface area contributed by atoms with Gasteiger partial charge in [0, 0.05) is 19.0 Å². The third-order valence-corrected chi connectivity index (χ3v) is 2.91. The Morgan fingerprint density at radius 1 is 1.53 bits per heavy atom. The van der Waals surface area contributed by atoms with Crippen LogP contribution in [0.4, 0.5) is 15.8 Å². The van der Waals surface area contributed by atoms with Crippen LogP contribution < -0.4 is 4.90 Å². The first kappa shape index (κ1) is 12.9. The summed E-state index contributed by atoms with van der Waals surface area (Å²) >= 11 is 0. The van der Waals surface area contributed by atoms with Crippen molar-refractivity contribution >= 4 is 23.3 Å². The molecule has 1 unspecified atom stereocenters. The van der Waals surface area contributed by atoms with Crippen molar-refractivity contribution in [3.8, 4) is 0 Å². The average Bonchev–Trinajstić information content (AvgIpc) is 2.71. The largest absolute Gasteiger partial charge is 0.481 e. The summed E-state index contributed by atoms with van der Waals surface area (Å²) in [7, 11) is 0. The summed E-state index contributed by atoms with van der Waals surface area (Å²) in [4.78, 5) is 33.4. The number of anilines is 1. The molecule has 0 spiro atoms. The highest BCUT2D eigenvalue weighted by atomic mass is 19.1. The number of benzene rings is 1. The Morgan fingerprint density at radius 3 is 2.74 bits per heavy atom. The molecule has 0 bridgehead atoms. The molecule has 1 atom stereocenters. The van der Waals surface area contributed by atoms with Crippen molar-refractivity contribution in [3.05, 3.63) is 34.1 Å². The van der Waals surface area contributed by atoms with Crippen LogP contribution in [0.3, 0.4) is 0 Å². The molecule has 1 aliphatic rings. The van der Waals surface area contributed by atoms with Crippen molar-refractivity contribution < 1.29 is 24.0 Å². The summed E-state index contributed by atoms with van der Waals surface area (Å²) in [6, 6.07) is 3.22. The van der Waals surface area contributed by atoms with Crippen molar-refractivity contribution in [1.82, 2.24) is 0 Å². The van der Waals surface area contributed by atoms with Crippen LogP contribution >= 0.6 is 0 Å². The summed E-state index contributed by atoms with van der Waals surface area (Å²) in [6.07, 6.45) is -0.291. The van der Waals surface area contributed by atoms with E-state index >= 15 is 0 Å². The number of aliphatic carboxylic acids is 1. The fourth-order valence-corrected chi connectivity index (χ4v) is 2.01. The van der Waals surface area contributed by atoms with E-state index in [0.717, 1.165) is 23.1 Å². The molecule has 1 saturated heterocycles. The van der Waals surface area contributed by atoms with Gasteiger partial charge in [0.2, 0.25) is 5.91 Å². The van der Waals surface area contributed by atoms with Gasteiger partial charge in [-0.1, -0.05) is 6.07 Å². The smallest absolute Gasteiger partial charge is 0.308 e. The maximum absolute atomic E-state index is 13.7. The van der Waals surface area contributed by atoms with Gasteiger partial charge in [0.1, 0.15) is 0 Å². The Labute approximate surface area is 106 Å². The zero-order chi connectivity index (χ0) is 14.2. The summed E-state index contributed by atoms with van der Waals surface area (Å²) in [5.74, 6) is -3.73. The number of amides is 1. The molecule has 19 heavy (non-hydrogen) atoms. The lowest BCUT2D eigenvalue weighted by Gasteiger charge is -2.16. The second kappa shape index (κ2) is 4.63. The highest BCUT2D eigenvalue weighted by Crippen LogP contribution is 2.35. The Bertz CT molecular complexity index is 574. The van der Waals surface area contributed by atoms with Crippen LogP contribution in [0.1, 0.15) is 6.42 Å². The van der Waals surface area contributed by atoms with Crippen LogP contribution in [-0.2, 0) is 9.59 Å². The average molecular weight is 268 g/mol. The molecule has 100 valence electrons. The molecule has 1 heterocycles. The lowest BCUT2D eigenvalue weighted by molar-refractivity contribution is -0.384. The quantitative estimate of drug-likeness (QED) is 0.655. The standard InChI is InChI=1S/C11H9FN2O5/c12-7-2-1-3-8(14(18)19)10(7)13-5-6(11(16)17)4-9(13)15/h1-3,6H,4-5H2,(H,16,17). The van der Waals surface area contributed by atoms with Gasteiger partial charge >= 0.3 is 5.97 Å². The van der Waals surface area contributed by atoms with E-state index in [1.54, 1.807) is 0 Å². The molecule has 8 heteroatoms. The Morgan fingerprint density at radius 2 is 2.21 bits per heavy atom. The zero-order valence-corrected chi connectivity index (χ0v) is 9.58. The number of para-hydroxylation sites is 1. The predicted molar refractivity (Wildman–Crippen MR) is 61.2 cm³/mol. The van der Waals surface area contributed by atoms with E-state index < -0.39 is 39.9 Å². The highest BCUT2D eigenvalue weighted by Gasteiger charge is 2.39. The summed E-state index contributed by atoms with van der Waals surface area (Å²) in [5, 5.41) is 19.7. The number of carboxylic acids is 1. The molecular weight excluding hydrogens is 259 g/mol. The zero-order valence-electron chi connectivity index (χ0n) is 9.58.